The molecule has 9 nitrogen and oxygen atoms in total. The number of carbonyl (C=O) groups excluding carboxylic acids is 1. The van der Waals surface area contributed by atoms with E-state index in [1.54, 1.807) is 47.9 Å². The van der Waals surface area contributed by atoms with Crippen molar-refractivity contribution in [1.82, 2.24) is 25.1 Å². The van der Waals surface area contributed by atoms with E-state index in [4.69, 9.17) is 14.5 Å². The van der Waals surface area contributed by atoms with Gasteiger partial charge in [0.25, 0.3) is 5.91 Å². The van der Waals surface area contributed by atoms with Gasteiger partial charge in [-0.05, 0) is 32.4 Å². The number of benzene rings is 1. The van der Waals surface area contributed by atoms with Crippen molar-refractivity contribution in [3.8, 4) is 11.5 Å². The molecule has 0 atom stereocenters. The van der Waals surface area contributed by atoms with Gasteiger partial charge in [-0.3, -0.25) is 4.79 Å². The zero-order chi connectivity index (χ0) is 23.1. The summed E-state index contributed by atoms with van der Waals surface area (Å²) in [5, 5.41) is 12.4. The summed E-state index contributed by atoms with van der Waals surface area (Å²) >= 11 is 1.62. The molecule has 0 saturated heterocycles. The first kappa shape index (κ1) is 23.6. The smallest absolute Gasteiger partial charge is 0.255 e. The van der Waals surface area contributed by atoms with Crippen LogP contribution in [0, 0.1) is 0 Å². The molecule has 1 amide bonds. The van der Waals surface area contributed by atoms with E-state index in [1.165, 1.54) is 7.11 Å². The van der Waals surface area contributed by atoms with Crippen LogP contribution in [0.15, 0.2) is 29.6 Å². The van der Waals surface area contributed by atoms with Gasteiger partial charge in [0, 0.05) is 24.4 Å². The van der Waals surface area contributed by atoms with E-state index in [0.29, 0.717) is 30.2 Å². The Morgan fingerprint density at radius 2 is 2.03 bits per heavy atom. The van der Waals surface area contributed by atoms with E-state index in [2.05, 4.69) is 41.5 Å². The molecule has 0 aliphatic rings. The molecule has 32 heavy (non-hydrogen) atoms. The second-order valence-electron chi connectivity index (χ2n) is 7.43. The fourth-order valence-corrected chi connectivity index (χ4v) is 3.79. The standard InChI is InChI=1S/C22H30N6O3S/c1-6-11-32-22-26-19(25-14(2)3)17-13-24-28(20(17)27-22)10-9-23-21(29)16-8-7-15(30-4)12-18(16)31-5/h7-8,12-14H,6,9-11H2,1-5H3,(H,23,29)(H,25,26,27). The lowest BCUT2D eigenvalue weighted by molar-refractivity contribution is 0.0949. The van der Waals surface area contributed by atoms with Crippen molar-refractivity contribution >= 4 is 34.5 Å². The Kier molecular flexibility index (Phi) is 8.15. The molecule has 0 aliphatic heterocycles. The predicted molar refractivity (Wildman–Crippen MR) is 127 cm³/mol. The Bertz CT molecular complexity index is 1070. The number of amides is 1. The highest BCUT2D eigenvalue weighted by molar-refractivity contribution is 7.99. The molecule has 10 heteroatoms. The van der Waals surface area contributed by atoms with E-state index >= 15 is 0 Å². The highest BCUT2D eigenvalue weighted by Crippen LogP contribution is 2.26. The van der Waals surface area contributed by atoms with Gasteiger partial charge in [0.15, 0.2) is 10.8 Å². The molecule has 1 aromatic carbocycles. The van der Waals surface area contributed by atoms with Gasteiger partial charge >= 0.3 is 0 Å². The van der Waals surface area contributed by atoms with Crippen molar-refractivity contribution in [2.24, 2.45) is 0 Å². The monoisotopic (exact) mass is 458 g/mol. The molecule has 0 fully saturated rings. The number of hydrogen-bond donors (Lipinski definition) is 2. The summed E-state index contributed by atoms with van der Waals surface area (Å²) in [7, 11) is 3.10. The molecule has 0 radical (unpaired) electrons. The minimum atomic E-state index is -0.225. The first-order valence-corrected chi connectivity index (χ1v) is 11.6. The van der Waals surface area contributed by atoms with Crippen LogP contribution in [0.3, 0.4) is 0 Å². The Morgan fingerprint density at radius 3 is 2.72 bits per heavy atom. The Labute approximate surface area is 192 Å². The highest BCUT2D eigenvalue weighted by Gasteiger charge is 2.16. The number of methoxy groups -OCH3 is 2. The number of anilines is 1. The third-order valence-electron chi connectivity index (χ3n) is 4.60. The SMILES string of the molecule is CCCSc1nc(NC(C)C)c2cnn(CCNC(=O)c3ccc(OC)cc3OC)c2n1. The minimum Gasteiger partial charge on any atom is -0.497 e. The van der Waals surface area contributed by atoms with Gasteiger partial charge in [0.1, 0.15) is 17.3 Å². The van der Waals surface area contributed by atoms with Gasteiger partial charge in [0.05, 0.1) is 37.9 Å². The van der Waals surface area contributed by atoms with Crippen molar-refractivity contribution in [2.45, 2.75) is 44.9 Å². The number of fused-ring (bicyclic) bond motifs is 1. The predicted octanol–water partition coefficient (Wildman–Crippen LogP) is 3.60. The number of rotatable bonds is 11. The number of ether oxygens (including phenoxy) is 2. The van der Waals surface area contributed by atoms with Crippen molar-refractivity contribution in [1.29, 1.82) is 0 Å². The number of carbonyl (C=O) groups is 1. The van der Waals surface area contributed by atoms with Crippen LogP contribution in [0.2, 0.25) is 0 Å². The zero-order valence-corrected chi connectivity index (χ0v) is 20.0. The van der Waals surface area contributed by atoms with Crippen LogP contribution in [0.25, 0.3) is 11.0 Å². The zero-order valence-electron chi connectivity index (χ0n) is 19.1. The summed E-state index contributed by atoms with van der Waals surface area (Å²) < 4.78 is 12.3. The lowest BCUT2D eigenvalue weighted by Gasteiger charge is -2.12. The van der Waals surface area contributed by atoms with Crippen molar-refractivity contribution < 1.29 is 14.3 Å². The average molecular weight is 459 g/mol. The molecule has 2 N–H and O–H groups in total. The first-order valence-electron chi connectivity index (χ1n) is 10.6. The molecule has 0 spiro atoms. The number of nitrogens with one attached hydrogen (secondary N) is 2. The summed E-state index contributed by atoms with van der Waals surface area (Å²) in [5.41, 5.74) is 1.20. The summed E-state index contributed by atoms with van der Waals surface area (Å²) in [6.07, 6.45) is 2.81. The molecule has 0 saturated carbocycles. The van der Waals surface area contributed by atoms with Crippen LogP contribution >= 0.6 is 11.8 Å². The van der Waals surface area contributed by atoms with E-state index in [0.717, 1.165) is 34.2 Å². The van der Waals surface area contributed by atoms with E-state index in [9.17, 15) is 4.79 Å². The molecule has 2 heterocycles. The normalized spacial score (nSPS) is 11.1. The van der Waals surface area contributed by atoms with Crippen LogP contribution in [0.4, 0.5) is 5.82 Å². The van der Waals surface area contributed by atoms with E-state index in [-0.39, 0.29) is 11.9 Å². The number of hydrogen-bond acceptors (Lipinski definition) is 8. The highest BCUT2D eigenvalue weighted by atomic mass is 32.2. The first-order chi connectivity index (χ1) is 15.5. The summed E-state index contributed by atoms with van der Waals surface area (Å²) in [4.78, 5) is 22.0. The van der Waals surface area contributed by atoms with E-state index in [1.807, 2.05) is 0 Å². The molecular formula is C22H30N6O3S. The molecule has 3 aromatic rings. The summed E-state index contributed by atoms with van der Waals surface area (Å²) in [6, 6.07) is 5.34. The lowest BCUT2D eigenvalue weighted by Crippen LogP contribution is -2.28. The van der Waals surface area contributed by atoms with Crippen molar-refractivity contribution in [3.63, 3.8) is 0 Å². The Balaban J connectivity index is 1.75. The van der Waals surface area contributed by atoms with Crippen LogP contribution < -0.4 is 20.1 Å². The Hall–Kier alpha value is -3.01. The molecule has 0 aliphatic carbocycles. The molecule has 172 valence electrons. The maximum absolute atomic E-state index is 12.7. The topological polar surface area (TPSA) is 103 Å². The van der Waals surface area contributed by atoms with Crippen LogP contribution in [-0.2, 0) is 6.54 Å². The second-order valence-corrected chi connectivity index (χ2v) is 8.49. The van der Waals surface area contributed by atoms with E-state index < -0.39 is 0 Å². The van der Waals surface area contributed by atoms with Crippen molar-refractivity contribution in [2.75, 3.05) is 31.8 Å². The second kappa shape index (κ2) is 11.0. The Morgan fingerprint density at radius 1 is 1.22 bits per heavy atom. The van der Waals surface area contributed by atoms with Crippen LogP contribution in [0.5, 0.6) is 11.5 Å². The number of aromatic nitrogens is 4. The number of nitrogens with zero attached hydrogens (tertiary/aromatic N) is 4. The molecule has 0 unspecified atom stereocenters. The fraction of sp³-hybridized carbons (Fsp3) is 0.455. The lowest BCUT2D eigenvalue weighted by atomic mass is 10.1. The van der Waals surface area contributed by atoms with Gasteiger partial charge in [-0.2, -0.15) is 5.10 Å². The van der Waals surface area contributed by atoms with Gasteiger partial charge in [-0.1, -0.05) is 18.7 Å². The maximum Gasteiger partial charge on any atom is 0.255 e. The quantitative estimate of drug-likeness (QED) is 0.332. The summed E-state index contributed by atoms with van der Waals surface area (Å²) in [5.74, 6) is 2.59. The number of thioether (sulfide) groups is 1. The molecule has 0 bridgehead atoms. The van der Waals surface area contributed by atoms with Gasteiger partial charge in [-0.25, -0.2) is 14.6 Å². The third-order valence-corrected chi connectivity index (χ3v) is 5.65. The van der Waals surface area contributed by atoms with Gasteiger partial charge in [0.2, 0.25) is 0 Å². The molecule has 2 aromatic heterocycles. The van der Waals surface area contributed by atoms with Gasteiger partial charge in [-0.15, -0.1) is 0 Å². The average Bonchev–Trinajstić information content (AvgIpc) is 3.19. The molecule has 3 rings (SSSR count). The minimum absolute atomic E-state index is 0.225. The largest absolute Gasteiger partial charge is 0.497 e. The maximum atomic E-state index is 12.7. The van der Waals surface area contributed by atoms with Crippen LogP contribution in [0.1, 0.15) is 37.6 Å². The molecular weight excluding hydrogens is 428 g/mol. The van der Waals surface area contributed by atoms with Gasteiger partial charge < -0.3 is 20.1 Å². The third kappa shape index (κ3) is 5.61. The fourth-order valence-electron chi connectivity index (χ4n) is 3.10. The van der Waals surface area contributed by atoms with Crippen LogP contribution in [-0.4, -0.2) is 58.2 Å². The van der Waals surface area contributed by atoms with Crippen molar-refractivity contribution in [3.05, 3.63) is 30.0 Å². The summed E-state index contributed by atoms with van der Waals surface area (Å²) in [6.45, 7) is 7.13.